The smallest absolute Gasteiger partial charge is 0.330 e. The lowest BCUT2D eigenvalue weighted by Crippen LogP contribution is -2.43. The van der Waals surface area contributed by atoms with E-state index in [1.807, 2.05) is 39.0 Å². The first-order chi connectivity index (χ1) is 19.8. The first-order valence-electron chi connectivity index (χ1n) is 13.9. The van der Waals surface area contributed by atoms with E-state index >= 15 is 0 Å². The van der Waals surface area contributed by atoms with Gasteiger partial charge in [0, 0.05) is 37.5 Å². The van der Waals surface area contributed by atoms with Gasteiger partial charge in [0.25, 0.3) is 5.91 Å². The van der Waals surface area contributed by atoms with Crippen LogP contribution >= 0.6 is 0 Å². The Morgan fingerprint density at radius 2 is 1.90 bits per heavy atom. The third-order valence-corrected chi connectivity index (χ3v) is 7.32. The standard InChI is InChI=1S/C31H36N6O4/c1-6-41-27-16-22-8-7-12-36-25(23(22)17-26(27)40-5)18-28(34-29-20(3)14-19(2)15-21(29)4)37(31(36)39)13-11-32-30(38)24-9-10-33-35-24/h9-10,14-18H,6-8,11-13H2,1-5H3,(H,32,38)(H,33,35)/b34-28+. The summed E-state index contributed by atoms with van der Waals surface area (Å²) in [7, 11) is 1.62. The zero-order valence-electron chi connectivity index (χ0n) is 24.2. The zero-order valence-corrected chi connectivity index (χ0v) is 24.2. The van der Waals surface area contributed by atoms with Crippen molar-refractivity contribution in [3.05, 3.63) is 86.5 Å². The van der Waals surface area contributed by atoms with Gasteiger partial charge in [-0.05, 0) is 75.4 Å². The van der Waals surface area contributed by atoms with Crippen LogP contribution in [0.5, 0.6) is 11.5 Å². The summed E-state index contributed by atoms with van der Waals surface area (Å²) in [6.45, 7) is 9.63. The first-order valence-corrected chi connectivity index (χ1v) is 13.9. The molecule has 4 aromatic rings. The summed E-state index contributed by atoms with van der Waals surface area (Å²) in [6, 6.07) is 11.7. The van der Waals surface area contributed by atoms with Gasteiger partial charge in [-0.25, -0.2) is 9.79 Å². The van der Waals surface area contributed by atoms with Gasteiger partial charge in [-0.1, -0.05) is 17.7 Å². The lowest BCUT2D eigenvalue weighted by Gasteiger charge is -2.18. The molecule has 2 N–H and O–H groups in total. The highest BCUT2D eigenvalue weighted by Gasteiger charge is 2.21. The van der Waals surface area contributed by atoms with E-state index in [1.54, 1.807) is 22.3 Å². The second-order valence-corrected chi connectivity index (χ2v) is 10.3. The van der Waals surface area contributed by atoms with E-state index < -0.39 is 0 Å². The van der Waals surface area contributed by atoms with Crippen LogP contribution in [0.4, 0.5) is 5.69 Å². The third kappa shape index (κ3) is 5.68. The molecule has 3 heterocycles. The number of ether oxygens (including phenoxy) is 2. The van der Waals surface area contributed by atoms with Gasteiger partial charge in [-0.2, -0.15) is 5.10 Å². The summed E-state index contributed by atoms with van der Waals surface area (Å²) in [5.74, 6) is 1.03. The van der Waals surface area contributed by atoms with Crippen LogP contribution < -0.4 is 26.0 Å². The highest BCUT2D eigenvalue weighted by molar-refractivity contribution is 5.92. The number of H-pyrrole nitrogens is 1. The summed E-state index contributed by atoms with van der Waals surface area (Å²) < 4.78 is 14.9. The number of aromatic nitrogens is 4. The fourth-order valence-electron chi connectivity index (χ4n) is 5.49. The maximum atomic E-state index is 14.1. The van der Waals surface area contributed by atoms with Crippen LogP contribution in [-0.4, -0.2) is 45.5 Å². The van der Waals surface area contributed by atoms with E-state index in [4.69, 9.17) is 14.5 Å². The number of rotatable bonds is 8. The average Bonchev–Trinajstić information content (AvgIpc) is 3.42. The number of fused-ring (bicyclic) bond motifs is 3. The molecule has 2 aromatic carbocycles. The molecule has 1 aliphatic rings. The Labute approximate surface area is 238 Å². The third-order valence-electron chi connectivity index (χ3n) is 7.32. The molecule has 0 saturated carbocycles. The Morgan fingerprint density at radius 1 is 1.12 bits per heavy atom. The summed E-state index contributed by atoms with van der Waals surface area (Å²) in [5, 5.41) is 9.37. The van der Waals surface area contributed by atoms with Crippen LogP contribution in [0.15, 0.2) is 52.4 Å². The number of amides is 1. The summed E-state index contributed by atoms with van der Waals surface area (Å²) in [6.07, 6.45) is 3.11. The van der Waals surface area contributed by atoms with E-state index in [9.17, 15) is 9.59 Å². The van der Waals surface area contributed by atoms with Crippen LogP contribution in [0.2, 0.25) is 0 Å². The van der Waals surface area contributed by atoms with Gasteiger partial charge < -0.3 is 14.8 Å². The second-order valence-electron chi connectivity index (χ2n) is 10.3. The molecule has 0 aliphatic carbocycles. The molecule has 0 bridgehead atoms. The molecule has 10 heteroatoms. The molecule has 5 rings (SSSR count). The maximum absolute atomic E-state index is 14.1. The highest BCUT2D eigenvalue weighted by atomic mass is 16.5. The van der Waals surface area contributed by atoms with Crippen LogP contribution in [0.25, 0.3) is 11.3 Å². The number of hydrogen-bond donors (Lipinski definition) is 2. The van der Waals surface area contributed by atoms with Gasteiger partial charge in [0.2, 0.25) is 0 Å². The fraction of sp³-hybridized carbons (Fsp3) is 0.355. The van der Waals surface area contributed by atoms with Crippen LogP contribution in [0.3, 0.4) is 0 Å². The van der Waals surface area contributed by atoms with Gasteiger partial charge in [0.05, 0.1) is 25.1 Å². The van der Waals surface area contributed by atoms with Gasteiger partial charge in [0.1, 0.15) is 11.2 Å². The van der Waals surface area contributed by atoms with Crippen molar-refractivity contribution in [1.82, 2.24) is 24.6 Å². The lowest BCUT2D eigenvalue weighted by molar-refractivity contribution is 0.0947. The number of nitrogens with one attached hydrogen (secondary N) is 2. The average molecular weight is 557 g/mol. The molecule has 214 valence electrons. The fourth-order valence-corrected chi connectivity index (χ4v) is 5.49. The Balaban J connectivity index is 1.67. The van der Waals surface area contributed by atoms with Crippen LogP contribution in [0.1, 0.15) is 46.1 Å². The van der Waals surface area contributed by atoms with Crippen molar-refractivity contribution in [3.63, 3.8) is 0 Å². The van der Waals surface area contributed by atoms with E-state index in [2.05, 4.69) is 34.6 Å². The van der Waals surface area contributed by atoms with Gasteiger partial charge >= 0.3 is 5.69 Å². The summed E-state index contributed by atoms with van der Waals surface area (Å²) >= 11 is 0. The Kier molecular flexibility index (Phi) is 8.09. The predicted octanol–water partition coefficient (Wildman–Crippen LogP) is 3.98. The Morgan fingerprint density at radius 3 is 2.59 bits per heavy atom. The van der Waals surface area contributed by atoms with Gasteiger partial charge in [0.15, 0.2) is 11.5 Å². The summed E-state index contributed by atoms with van der Waals surface area (Å²) in [5.41, 5.74) is 7.54. The number of hydrogen-bond acceptors (Lipinski definition) is 6. The van der Waals surface area contributed by atoms with Crippen molar-refractivity contribution < 1.29 is 14.3 Å². The molecule has 0 atom stereocenters. The molecular formula is C31H36N6O4. The highest BCUT2D eigenvalue weighted by Crippen LogP contribution is 2.37. The number of methoxy groups -OCH3 is 1. The first kappa shape index (κ1) is 27.9. The second kappa shape index (κ2) is 11.9. The zero-order chi connectivity index (χ0) is 29.1. The van der Waals surface area contributed by atoms with Crippen molar-refractivity contribution in [3.8, 4) is 22.8 Å². The Bertz CT molecular complexity index is 1690. The van der Waals surface area contributed by atoms with E-state index in [1.165, 1.54) is 6.20 Å². The number of aryl methyl sites for hydroxylation is 4. The van der Waals surface area contributed by atoms with E-state index in [0.29, 0.717) is 35.8 Å². The van der Waals surface area contributed by atoms with E-state index in [0.717, 1.165) is 52.0 Å². The SMILES string of the molecule is CCOc1cc2c(cc1OC)-c1c/c(=N\c3c(C)cc(C)cc3C)n(CCNC(=O)c3ccn[nH]3)c(=O)n1CCC2. The molecule has 0 saturated heterocycles. The number of carbonyl (C=O) groups excluding carboxylic acids is 1. The molecule has 41 heavy (non-hydrogen) atoms. The molecule has 0 spiro atoms. The maximum Gasteiger partial charge on any atom is 0.330 e. The molecule has 2 aromatic heterocycles. The molecule has 10 nitrogen and oxygen atoms in total. The monoisotopic (exact) mass is 556 g/mol. The molecule has 1 amide bonds. The minimum atomic E-state index is -0.284. The number of carbonyl (C=O) groups is 1. The van der Waals surface area contributed by atoms with Crippen LogP contribution in [-0.2, 0) is 19.5 Å². The number of nitrogens with zero attached hydrogens (tertiary/aromatic N) is 4. The summed E-state index contributed by atoms with van der Waals surface area (Å²) in [4.78, 5) is 31.7. The quantitative estimate of drug-likeness (QED) is 0.341. The molecule has 0 unspecified atom stereocenters. The van der Waals surface area contributed by atoms with E-state index in [-0.39, 0.29) is 24.7 Å². The van der Waals surface area contributed by atoms with Crippen LogP contribution in [0, 0.1) is 20.8 Å². The molecule has 0 fully saturated rings. The topological polar surface area (TPSA) is 116 Å². The normalized spacial score (nSPS) is 12.9. The minimum absolute atomic E-state index is 0.180. The lowest BCUT2D eigenvalue weighted by atomic mass is 10.0. The van der Waals surface area contributed by atoms with Gasteiger partial charge in [-0.3, -0.25) is 19.0 Å². The molecular weight excluding hydrogens is 520 g/mol. The number of aromatic amines is 1. The minimum Gasteiger partial charge on any atom is -0.493 e. The van der Waals surface area contributed by atoms with Gasteiger partial charge in [-0.15, -0.1) is 0 Å². The largest absolute Gasteiger partial charge is 0.493 e. The van der Waals surface area contributed by atoms with Crippen molar-refractivity contribution in [2.24, 2.45) is 4.99 Å². The predicted molar refractivity (Wildman–Crippen MR) is 157 cm³/mol. The Hall–Kier alpha value is -4.60. The molecule has 0 radical (unpaired) electrons. The molecule has 1 aliphatic heterocycles. The van der Waals surface area contributed by atoms with Crippen molar-refractivity contribution in [2.75, 3.05) is 20.3 Å². The van der Waals surface area contributed by atoms with Crippen molar-refractivity contribution in [1.29, 1.82) is 0 Å². The van der Waals surface area contributed by atoms with Crippen molar-refractivity contribution >= 4 is 11.6 Å². The number of benzene rings is 2. The van der Waals surface area contributed by atoms with Crippen molar-refractivity contribution in [2.45, 2.75) is 53.6 Å².